The lowest BCUT2D eigenvalue weighted by Gasteiger charge is -2.35. The van der Waals surface area contributed by atoms with Gasteiger partial charge in [-0.15, -0.1) is 0 Å². The topological polar surface area (TPSA) is 53.1 Å². The van der Waals surface area contributed by atoms with Gasteiger partial charge in [0.2, 0.25) is 0 Å². The van der Waals surface area contributed by atoms with Gasteiger partial charge in [-0.2, -0.15) is 17.0 Å². The summed E-state index contributed by atoms with van der Waals surface area (Å²) in [4.78, 5) is 2.32. The van der Waals surface area contributed by atoms with Gasteiger partial charge >= 0.3 is 0 Å². The van der Waals surface area contributed by atoms with E-state index in [1.165, 1.54) is 30.0 Å². The summed E-state index contributed by atoms with van der Waals surface area (Å²) in [5.74, 6) is 0.318. The molecule has 7 heteroatoms. The van der Waals surface area contributed by atoms with E-state index in [9.17, 15) is 8.42 Å². The van der Waals surface area contributed by atoms with E-state index in [2.05, 4.69) is 11.9 Å². The molecule has 1 aliphatic carbocycles. The van der Waals surface area contributed by atoms with E-state index < -0.39 is 10.2 Å². The van der Waals surface area contributed by atoms with Crippen molar-refractivity contribution in [3.8, 4) is 0 Å². The van der Waals surface area contributed by atoms with Crippen LogP contribution in [-0.4, -0.2) is 82.0 Å². The summed E-state index contributed by atoms with van der Waals surface area (Å²) >= 11 is 0. The minimum Gasteiger partial charge on any atom is -0.384 e. The fourth-order valence-electron chi connectivity index (χ4n) is 3.75. The second-order valence-corrected chi connectivity index (χ2v) is 9.11. The predicted molar refractivity (Wildman–Crippen MR) is 92.6 cm³/mol. The van der Waals surface area contributed by atoms with Crippen molar-refractivity contribution >= 4 is 10.2 Å². The number of methoxy groups -OCH3 is 1. The van der Waals surface area contributed by atoms with Crippen LogP contribution in [0.3, 0.4) is 0 Å². The number of rotatable bonds is 8. The van der Waals surface area contributed by atoms with Gasteiger partial charge in [-0.05, 0) is 38.6 Å². The monoisotopic (exact) mass is 347 g/mol. The van der Waals surface area contributed by atoms with E-state index in [4.69, 9.17) is 4.74 Å². The third-order valence-corrected chi connectivity index (χ3v) is 7.27. The van der Waals surface area contributed by atoms with Crippen molar-refractivity contribution in [3.63, 3.8) is 0 Å². The van der Waals surface area contributed by atoms with Gasteiger partial charge < -0.3 is 9.64 Å². The van der Waals surface area contributed by atoms with Gasteiger partial charge in [0.05, 0.1) is 6.61 Å². The molecule has 6 nitrogen and oxygen atoms in total. The first-order valence-corrected chi connectivity index (χ1v) is 10.3. The maximum Gasteiger partial charge on any atom is 0.281 e. The quantitative estimate of drug-likeness (QED) is 0.666. The maximum absolute atomic E-state index is 12.8. The van der Waals surface area contributed by atoms with Crippen LogP contribution in [0.15, 0.2) is 0 Å². The average Bonchev–Trinajstić information content (AvgIpc) is 3.07. The molecule has 1 atom stereocenters. The molecule has 0 amide bonds. The molecule has 1 saturated carbocycles. The van der Waals surface area contributed by atoms with E-state index in [1.54, 1.807) is 18.5 Å². The lowest BCUT2D eigenvalue weighted by Crippen LogP contribution is -2.49. The van der Waals surface area contributed by atoms with Gasteiger partial charge in [0.25, 0.3) is 10.2 Å². The fourth-order valence-corrected chi connectivity index (χ4v) is 5.21. The largest absolute Gasteiger partial charge is 0.384 e. The number of likely N-dealkylation sites (N-methyl/N-ethyl adjacent to an activating group) is 2. The molecule has 0 aromatic carbocycles. The lowest BCUT2D eigenvalue weighted by molar-refractivity contribution is 0.116. The standard InChI is InChI=1S/C16H33N3O3S/c1-17(16-8-4-5-9-16)11-12-18(2)23(20,21)19-10-6-7-15(13-19)14-22-3/h15-16H,4-14H2,1-3H3. The van der Waals surface area contributed by atoms with Crippen LogP contribution in [-0.2, 0) is 14.9 Å². The molecular formula is C16H33N3O3S. The Balaban J connectivity index is 1.85. The van der Waals surface area contributed by atoms with Crippen LogP contribution in [0.25, 0.3) is 0 Å². The van der Waals surface area contributed by atoms with Crippen LogP contribution in [0.4, 0.5) is 0 Å². The lowest BCUT2D eigenvalue weighted by atomic mass is 10.0. The van der Waals surface area contributed by atoms with Gasteiger partial charge in [-0.1, -0.05) is 12.8 Å². The molecule has 0 N–H and O–H groups in total. The van der Waals surface area contributed by atoms with Crippen molar-refractivity contribution in [1.29, 1.82) is 0 Å². The second-order valence-electron chi connectivity index (χ2n) is 7.07. The first-order chi connectivity index (χ1) is 10.9. The molecule has 1 unspecified atom stereocenters. The highest BCUT2D eigenvalue weighted by Gasteiger charge is 2.32. The van der Waals surface area contributed by atoms with E-state index >= 15 is 0 Å². The molecule has 1 heterocycles. The summed E-state index contributed by atoms with van der Waals surface area (Å²) in [6.07, 6.45) is 7.07. The summed E-state index contributed by atoms with van der Waals surface area (Å²) in [6.45, 7) is 3.21. The van der Waals surface area contributed by atoms with E-state index in [1.807, 2.05) is 0 Å². The number of hydrogen-bond acceptors (Lipinski definition) is 4. The van der Waals surface area contributed by atoms with E-state index in [-0.39, 0.29) is 0 Å². The molecule has 136 valence electrons. The van der Waals surface area contributed by atoms with Gasteiger partial charge in [0.15, 0.2) is 0 Å². The van der Waals surface area contributed by atoms with Crippen LogP contribution < -0.4 is 0 Å². The zero-order chi connectivity index (χ0) is 16.9. The zero-order valence-electron chi connectivity index (χ0n) is 14.9. The SMILES string of the molecule is COCC1CCCN(S(=O)(=O)N(C)CCN(C)C2CCCC2)C1. The molecule has 1 aliphatic heterocycles. The van der Waals surface area contributed by atoms with Crippen molar-refractivity contribution in [2.24, 2.45) is 5.92 Å². The van der Waals surface area contributed by atoms with Crippen LogP contribution in [0, 0.1) is 5.92 Å². The Hall–Kier alpha value is -0.210. The first-order valence-electron chi connectivity index (χ1n) is 8.85. The Labute approximate surface area is 141 Å². The average molecular weight is 348 g/mol. The Morgan fingerprint density at radius 1 is 1.09 bits per heavy atom. The van der Waals surface area contributed by atoms with Gasteiger partial charge in [0.1, 0.15) is 0 Å². The van der Waals surface area contributed by atoms with Crippen LogP contribution in [0.1, 0.15) is 38.5 Å². The molecule has 0 radical (unpaired) electrons. The Kier molecular flexibility index (Phi) is 7.28. The minimum absolute atomic E-state index is 0.318. The second kappa shape index (κ2) is 8.76. The van der Waals surface area contributed by atoms with E-state index in [0.717, 1.165) is 19.4 Å². The van der Waals surface area contributed by atoms with Crippen molar-refractivity contribution in [2.75, 3.05) is 54.0 Å². The fraction of sp³-hybridized carbons (Fsp3) is 1.00. The minimum atomic E-state index is -3.35. The highest BCUT2D eigenvalue weighted by Crippen LogP contribution is 2.23. The smallest absolute Gasteiger partial charge is 0.281 e. The molecule has 0 bridgehead atoms. The molecule has 1 saturated heterocycles. The molecule has 23 heavy (non-hydrogen) atoms. The zero-order valence-corrected chi connectivity index (χ0v) is 15.7. The molecular weight excluding hydrogens is 314 g/mol. The number of piperidine rings is 1. The third kappa shape index (κ3) is 5.13. The maximum atomic E-state index is 12.8. The number of ether oxygens (including phenoxy) is 1. The molecule has 0 spiro atoms. The molecule has 2 rings (SSSR count). The number of nitrogens with zero attached hydrogens (tertiary/aromatic N) is 3. The highest BCUT2D eigenvalue weighted by molar-refractivity contribution is 7.86. The van der Waals surface area contributed by atoms with Crippen molar-refractivity contribution in [2.45, 2.75) is 44.6 Å². The Bertz CT molecular complexity index is 449. The molecule has 0 aromatic rings. The molecule has 2 aliphatic rings. The third-order valence-electron chi connectivity index (χ3n) is 5.32. The van der Waals surface area contributed by atoms with E-state index in [0.29, 0.717) is 38.2 Å². The van der Waals surface area contributed by atoms with Gasteiger partial charge in [0, 0.05) is 46.4 Å². The highest BCUT2D eigenvalue weighted by atomic mass is 32.2. The Morgan fingerprint density at radius 3 is 2.43 bits per heavy atom. The summed E-state index contributed by atoms with van der Waals surface area (Å²) in [5, 5.41) is 0. The first kappa shape index (κ1) is 19.1. The summed E-state index contributed by atoms with van der Waals surface area (Å²) in [6, 6.07) is 0.632. The van der Waals surface area contributed by atoms with Crippen LogP contribution >= 0.6 is 0 Å². The van der Waals surface area contributed by atoms with Crippen LogP contribution in [0.5, 0.6) is 0 Å². The van der Waals surface area contributed by atoms with Gasteiger partial charge in [-0.3, -0.25) is 0 Å². The van der Waals surface area contributed by atoms with Crippen molar-refractivity contribution in [3.05, 3.63) is 0 Å². The Morgan fingerprint density at radius 2 is 1.78 bits per heavy atom. The summed E-state index contributed by atoms with van der Waals surface area (Å²) in [5.41, 5.74) is 0. The van der Waals surface area contributed by atoms with Gasteiger partial charge in [-0.25, -0.2) is 0 Å². The summed E-state index contributed by atoms with van der Waals surface area (Å²) < 4.78 is 33.9. The van der Waals surface area contributed by atoms with Crippen molar-refractivity contribution in [1.82, 2.24) is 13.5 Å². The molecule has 2 fully saturated rings. The number of hydrogen-bond donors (Lipinski definition) is 0. The normalized spacial score (nSPS) is 24.8. The summed E-state index contributed by atoms with van der Waals surface area (Å²) in [7, 11) is 2.15. The van der Waals surface area contributed by atoms with Crippen LogP contribution in [0.2, 0.25) is 0 Å². The molecule has 0 aromatic heterocycles. The predicted octanol–water partition coefficient (Wildman–Crippen LogP) is 1.40. The van der Waals surface area contributed by atoms with Crippen molar-refractivity contribution < 1.29 is 13.2 Å².